The number of carbonyl (C=O) groups is 2. The van der Waals surface area contributed by atoms with Crippen LogP contribution in [0.1, 0.15) is 13.3 Å². The van der Waals surface area contributed by atoms with E-state index >= 15 is 0 Å². The Kier molecular flexibility index (Phi) is 7.72. The molecule has 1 saturated heterocycles. The summed E-state index contributed by atoms with van der Waals surface area (Å²) >= 11 is 0. The predicted octanol–water partition coefficient (Wildman–Crippen LogP) is -1.18. The number of amides is 1. The van der Waals surface area contributed by atoms with Crippen LogP contribution in [0.15, 0.2) is 12.3 Å². The summed E-state index contributed by atoms with van der Waals surface area (Å²) in [5.41, 5.74) is -5.04. The van der Waals surface area contributed by atoms with E-state index in [0.29, 0.717) is 4.90 Å². The number of halogens is 1. The standard InChI is InChI=1S/C12H19FNO15P3/c1-11(18)9(17)12(5-13,27-10(11)14-3-2-7(15)4-8(14)16)6-26-31(22,23)29-32(24,25)28-30(19,20)21/h2-3,9-10,17-18H,4-6H2,1H3,(H,22,23)(H,24,25)(H2,19,20,21)/t9-,10+,11+,12+/m0/s1. The number of allylic oxidation sites excluding steroid dienone is 1. The van der Waals surface area contributed by atoms with Gasteiger partial charge in [-0.05, 0) is 13.0 Å². The molecule has 1 fully saturated rings. The van der Waals surface area contributed by atoms with Crippen molar-refractivity contribution in [3.63, 3.8) is 0 Å². The number of aliphatic hydroxyl groups excluding tert-OH is 1. The Morgan fingerprint density at radius 2 is 1.78 bits per heavy atom. The molecule has 0 aliphatic carbocycles. The molecule has 6 N–H and O–H groups in total. The number of phosphoric ester groups is 1. The van der Waals surface area contributed by atoms with Gasteiger partial charge in [-0.25, -0.2) is 18.1 Å². The van der Waals surface area contributed by atoms with Crippen LogP contribution in [0.2, 0.25) is 0 Å². The highest BCUT2D eigenvalue weighted by molar-refractivity contribution is 7.66. The van der Waals surface area contributed by atoms with Gasteiger partial charge in [-0.15, -0.1) is 0 Å². The van der Waals surface area contributed by atoms with Gasteiger partial charge < -0.3 is 34.5 Å². The largest absolute Gasteiger partial charge is 0.490 e. The van der Waals surface area contributed by atoms with Crippen LogP contribution < -0.4 is 0 Å². The van der Waals surface area contributed by atoms with Crippen LogP contribution in [0.25, 0.3) is 0 Å². The van der Waals surface area contributed by atoms with E-state index in [1.807, 2.05) is 0 Å². The van der Waals surface area contributed by atoms with E-state index in [-0.39, 0.29) is 0 Å². The van der Waals surface area contributed by atoms with E-state index in [2.05, 4.69) is 13.1 Å². The maximum atomic E-state index is 13.9. The molecule has 0 aromatic rings. The minimum atomic E-state index is -5.86. The predicted molar refractivity (Wildman–Crippen MR) is 95.6 cm³/mol. The second-order valence-corrected chi connectivity index (χ2v) is 11.3. The van der Waals surface area contributed by atoms with Crippen LogP contribution in [-0.4, -0.2) is 83.2 Å². The van der Waals surface area contributed by atoms with E-state index in [0.717, 1.165) is 19.2 Å². The third kappa shape index (κ3) is 6.15. The molecule has 20 heteroatoms. The van der Waals surface area contributed by atoms with Crippen molar-refractivity contribution in [1.82, 2.24) is 4.90 Å². The maximum absolute atomic E-state index is 13.9. The molecule has 0 spiro atoms. The molecular formula is C12H19FNO15P3. The summed E-state index contributed by atoms with van der Waals surface area (Å²) in [6.45, 7) is -2.19. The number of nitrogens with zero attached hydrogens (tertiary/aromatic N) is 1. The van der Waals surface area contributed by atoms with Crippen LogP contribution in [0.4, 0.5) is 4.39 Å². The molecule has 184 valence electrons. The summed E-state index contributed by atoms with van der Waals surface area (Å²) < 4.78 is 64.3. The number of carbonyl (C=O) groups excluding carboxylic acids is 2. The van der Waals surface area contributed by atoms with E-state index in [1.165, 1.54) is 0 Å². The topological polar surface area (TPSA) is 247 Å². The molecule has 1 amide bonds. The average molecular weight is 529 g/mol. The molecule has 2 aliphatic heterocycles. The molecule has 0 bridgehead atoms. The minimum Gasteiger partial charge on any atom is -0.387 e. The first-order chi connectivity index (χ1) is 14.3. The van der Waals surface area contributed by atoms with Crippen molar-refractivity contribution in [1.29, 1.82) is 0 Å². The lowest BCUT2D eigenvalue weighted by Gasteiger charge is -2.34. The second kappa shape index (κ2) is 9.04. The Morgan fingerprint density at radius 3 is 2.28 bits per heavy atom. The van der Waals surface area contributed by atoms with E-state index in [1.54, 1.807) is 0 Å². The normalized spacial score (nSPS) is 35.1. The number of phosphoric acid groups is 3. The van der Waals surface area contributed by atoms with Crippen molar-refractivity contribution >= 4 is 35.2 Å². The van der Waals surface area contributed by atoms with Crippen LogP contribution in [0.3, 0.4) is 0 Å². The number of rotatable bonds is 9. The Bertz CT molecular complexity index is 948. The number of alkyl halides is 1. The van der Waals surface area contributed by atoms with Gasteiger partial charge in [0.05, 0.1) is 13.0 Å². The molecular weight excluding hydrogens is 510 g/mol. The van der Waals surface area contributed by atoms with Gasteiger partial charge in [0.1, 0.15) is 18.4 Å². The molecule has 2 aliphatic rings. The van der Waals surface area contributed by atoms with Gasteiger partial charge in [0.15, 0.2) is 17.6 Å². The summed E-state index contributed by atoms with van der Waals surface area (Å²) in [6, 6.07) is 0. The van der Waals surface area contributed by atoms with E-state index in [9.17, 15) is 42.8 Å². The Balaban J connectivity index is 2.22. The zero-order valence-corrected chi connectivity index (χ0v) is 18.6. The zero-order valence-electron chi connectivity index (χ0n) is 16.0. The molecule has 6 atom stereocenters. The summed E-state index contributed by atoms with van der Waals surface area (Å²) in [4.78, 5) is 59.7. The van der Waals surface area contributed by atoms with Gasteiger partial charge in [-0.1, -0.05) is 0 Å². The SMILES string of the molecule is C[C@@]1(O)[C@H](O)[C@@](CF)(COP(=O)(O)OP(=O)(O)OP(=O)(O)O)O[C@H]1N1C=CC(=O)CC1=O. The average Bonchev–Trinajstić information content (AvgIpc) is 2.78. The van der Waals surface area contributed by atoms with Crippen molar-refractivity contribution in [3.8, 4) is 0 Å². The van der Waals surface area contributed by atoms with Gasteiger partial charge in [-0.2, -0.15) is 8.62 Å². The highest BCUT2D eigenvalue weighted by Crippen LogP contribution is 2.66. The van der Waals surface area contributed by atoms with E-state index in [4.69, 9.17) is 19.4 Å². The highest BCUT2D eigenvalue weighted by atomic mass is 31.3. The molecule has 0 saturated carbocycles. The minimum absolute atomic E-state index is 0.575. The Morgan fingerprint density at radius 1 is 1.19 bits per heavy atom. The van der Waals surface area contributed by atoms with E-state index < -0.39 is 78.4 Å². The molecule has 0 radical (unpaired) electrons. The van der Waals surface area contributed by atoms with Gasteiger partial charge >= 0.3 is 23.5 Å². The fourth-order valence-corrected chi connectivity index (χ4v) is 5.99. The zero-order chi connectivity index (χ0) is 24.8. The second-order valence-electron chi connectivity index (χ2n) is 6.92. The third-order valence-electron chi connectivity index (χ3n) is 4.30. The monoisotopic (exact) mass is 529 g/mol. The number of hydrogen-bond acceptors (Lipinski definition) is 11. The van der Waals surface area contributed by atoms with Crippen LogP contribution >= 0.6 is 23.5 Å². The van der Waals surface area contributed by atoms with Crippen molar-refractivity contribution < 1.29 is 75.3 Å². The summed E-state index contributed by atoms with van der Waals surface area (Å²) in [5, 5.41) is 21.0. The molecule has 0 aromatic carbocycles. The van der Waals surface area contributed by atoms with Crippen molar-refractivity contribution in [3.05, 3.63) is 12.3 Å². The smallest absolute Gasteiger partial charge is 0.387 e. The van der Waals surface area contributed by atoms with Crippen molar-refractivity contribution in [2.75, 3.05) is 13.3 Å². The first kappa shape index (κ1) is 27.3. The first-order valence-electron chi connectivity index (χ1n) is 8.29. The molecule has 2 unspecified atom stereocenters. The van der Waals surface area contributed by atoms with Crippen LogP contribution in [-0.2, 0) is 41.2 Å². The highest BCUT2D eigenvalue weighted by Gasteiger charge is 2.64. The number of ketones is 1. The summed E-state index contributed by atoms with van der Waals surface area (Å²) in [6.07, 6.45) is -2.77. The van der Waals surface area contributed by atoms with Crippen LogP contribution in [0.5, 0.6) is 0 Å². The fourth-order valence-electron chi connectivity index (χ4n) is 2.92. The Hall–Kier alpha value is -0.900. The first-order valence-corrected chi connectivity index (χ1v) is 12.8. The fraction of sp³-hybridized carbons (Fsp3) is 0.667. The Labute approximate surface area is 178 Å². The maximum Gasteiger partial charge on any atom is 0.490 e. The molecule has 2 rings (SSSR count). The lowest BCUT2D eigenvalue weighted by atomic mass is 9.88. The number of aliphatic hydroxyl groups is 2. The van der Waals surface area contributed by atoms with Crippen molar-refractivity contribution in [2.24, 2.45) is 0 Å². The van der Waals surface area contributed by atoms with Crippen LogP contribution in [0, 0.1) is 0 Å². The summed E-state index contributed by atoms with van der Waals surface area (Å²) in [5.74, 6) is -1.45. The molecule has 0 aromatic heterocycles. The number of hydrogen-bond donors (Lipinski definition) is 6. The van der Waals surface area contributed by atoms with Gasteiger partial charge in [0.2, 0.25) is 5.91 Å². The summed E-state index contributed by atoms with van der Waals surface area (Å²) in [7, 11) is -17.2. The van der Waals surface area contributed by atoms with Gasteiger partial charge in [0.25, 0.3) is 0 Å². The lowest BCUT2D eigenvalue weighted by Crippen LogP contribution is -2.55. The van der Waals surface area contributed by atoms with Gasteiger partial charge in [0, 0.05) is 6.20 Å². The lowest BCUT2D eigenvalue weighted by molar-refractivity contribution is -0.169. The quantitative estimate of drug-likeness (QED) is 0.152. The molecule has 2 heterocycles. The molecule has 16 nitrogen and oxygen atoms in total. The van der Waals surface area contributed by atoms with Crippen molar-refractivity contribution in [2.45, 2.75) is 36.9 Å². The third-order valence-corrected chi connectivity index (χ3v) is 8.08. The molecule has 32 heavy (non-hydrogen) atoms. The van der Waals surface area contributed by atoms with Gasteiger partial charge in [-0.3, -0.25) is 19.0 Å². The number of ether oxygens (including phenoxy) is 1.